The van der Waals surface area contributed by atoms with E-state index in [1.807, 2.05) is 30.7 Å². The van der Waals surface area contributed by atoms with Gasteiger partial charge in [0.15, 0.2) is 5.76 Å². The first-order chi connectivity index (χ1) is 16.6. The predicted octanol–water partition coefficient (Wildman–Crippen LogP) is 2.91. The Morgan fingerprint density at radius 1 is 1.18 bits per heavy atom. The number of pyridine rings is 2. The molecular weight excluding hydrogens is 446 g/mol. The van der Waals surface area contributed by atoms with Crippen LogP contribution < -0.4 is 20.1 Å². The minimum absolute atomic E-state index is 0.0763. The van der Waals surface area contributed by atoms with E-state index in [0.29, 0.717) is 5.76 Å². The first-order valence-electron chi connectivity index (χ1n) is 11.5. The highest BCUT2D eigenvalue weighted by molar-refractivity contribution is 7.16. The van der Waals surface area contributed by atoms with Gasteiger partial charge in [-0.1, -0.05) is 6.07 Å². The minimum atomic E-state index is -0.225. The van der Waals surface area contributed by atoms with E-state index in [1.54, 1.807) is 23.5 Å². The van der Waals surface area contributed by atoms with E-state index in [4.69, 9.17) is 4.42 Å². The second-order valence-electron chi connectivity index (χ2n) is 8.57. The number of thiophene rings is 1. The number of furan rings is 1. The monoisotopic (exact) mass is 475 g/mol. The van der Waals surface area contributed by atoms with Crippen molar-refractivity contribution in [3.05, 3.63) is 94.6 Å². The predicted molar refractivity (Wildman–Crippen MR) is 132 cm³/mol. The quantitative estimate of drug-likeness (QED) is 0.450. The zero-order valence-corrected chi connectivity index (χ0v) is 20.2. The van der Waals surface area contributed by atoms with E-state index in [2.05, 4.69) is 52.2 Å². The largest absolute Gasteiger partial charge is 0.459 e. The number of rotatable bonds is 6. The Hall–Kier alpha value is -3.49. The van der Waals surface area contributed by atoms with Crippen molar-refractivity contribution in [2.45, 2.75) is 19.9 Å². The number of anilines is 2. The fraction of sp³-hybridized carbons (Fsp3) is 0.269. The van der Waals surface area contributed by atoms with Crippen LogP contribution in [0.5, 0.6) is 0 Å². The number of aromatic nitrogens is 2. The molecule has 3 N–H and O–H groups in total. The number of carbonyl (C=O) groups excluding carboxylic acids is 1. The van der Waals surface area contributed by atoms with Crippen molar-refractivity contribution >= 4 is 28.1 Å². The number of piperazine rings is 1. The molecule has 174 valence electrons. The molecule has 0 saturated carbocycles. The van der Waals surface area contributed by atoms with E-state index < -0.39 is 0 Å². The molecule has 0 spiro atoms. The fourth-order valence-electron chi connectivity index (χ4n) is 4.71. The van der Waals surface area contributed by atoms with Gasteiger partial charge in [-0.05, 0) is 49.7 Å². The van der Waals surface area contributed by atoms with E-state index >= 15 is 0 Å². The summed E-state index contributed by atoms with van der Waals surface area (Å²) in [5, 5.41) is 4.02. The Kier molecular flexibility index (Phi) is 6.42. The van der Waals surface area contributed by atoms with Crippen LogP contribution in [-0.2, 0) is 0 Å². The van der Waals surface area contributed by atoms with Crippen LogP contribution in [-0.4, -0.2) is 37.1 Å². The van der Waals surface area contributed by atoms with Gasteiger partial charge in [-0.3, -0.25) is 14.7 Å². The maximum absolute atomic E-state index is 12.9. The lowest BCUT2D eigenvalue weighted by molar-refractivity contribution is -0.926. The zero-order chi connectivity index (χ0) is 23.5. The Labute approximate surface area is 203 Å². The zero-order valence-electron chi connectivity index (χ0n) is 19.4. The smallest absolute Gasteiger partial charge is 0.291 e. The molecule has 1 atom stereocenters. The number of nitrogens with zero attached hydrogens (tertiary/aromatic N) is 2. The molecule has 1 amide bonds. The third-order valence-corrected chi connectivity index (χ3v) is 7.70. The van der Waals surface area contributed by atoms with Crippen LogP contribution in [0.25, 0.3) is 0 Å². The van der Waals surface area contributed by atoms with Crippen molar-refractivity contribution in [2.75, 3.05) is 36.4 Å². The number of nitrogens with one attached hydrogen (secondary N) is 3. The molecule has 0 radical (unpaired) electrons. The number of quaternary nitrogens is 1. The van der Waals surface area contributed by atoms with Gasteiger partial charge in [-0.2, -0.15) is 0 Å². The third-order valence-electron chi connectivity index (χ3n) is 6.56. The standard InChI is InChI=1S/C26H27N5O2S/c1-18-19(2)34-26(29-25(32)21-8-6-16-33-21)23(18)24(20-7-5-10-27-17-20)31-14-12-30(13-15-31)22-9-3-4-11-28-22/h3-11,16-17,24H,12-15H2,1-2H3,(H,29,32)/p+2/t24-/m1/s1. The highest BCUT2D eigenvalue weighted by Crippen LogP contribution is 2.38. The van der Waals surface area contributed by atoms with Gasteiger partial charge in [0.25, 0.3) is 11.7 Å². The van der Waals surface area contributed by atoms with Gasteiger partial charge >= 0.3 is 0 Å². The van der Waals surface area contributed by atoms with E-state index in [9.17, 15) is 4.79 Å². The number of aromatic amines is 1. The fourth-order valence-corrected chi connectivity index (χ4v) is 5.81. The molecule has 0 aliphatic carbocycles. The molecule has 5 heterocycles. The van der Waals surface area contributed by atoms with Crippen LogP contribution >= 0.6 is 11.3 Å². The molecule has 8 heteroatoms. The number of amides is 1. The number of H-pyrrole nitrogens is 1. The van der Waals surface area contributed by atoms with Gasteiger partial charge in [-0.15, -0.1) is 11.3 Å². The summed E-state index contributed by atoms with van der Waals surface area (Å²) in [4.78, 5) is 25.7. The summed E-state index contributed by atoms with van der Waals surface area (Å²) in [7, 11) is 0. The van der Waals surface area contributed by atoms with Gasteiger partial charge in [-0.25, -0.2) is 4.98 Å². The lowest BCUT2D eigenvalue weighted by Gasteiger charge is -2.34. The first-order valence-corrected chi connectivity index (χ1v) is 12.3. The molecule has 4 aromatic heterocycles. The number of hydrogen-bond acceptors (Lipinski definition) is 5. The van der Waals surface area contributed by atoms with Crippen molar-refractivity contribution in [3.63, 3.8) is 0 Å². The van der Waals surface area contributed by atoms with Crippen LogP contribution in [0.3, 0.4) is 0 Å². The molecule has 1 fully saturated rings. The minimum Gasteiger partial charge on any atom is -0.459 e. The number of aryl methyl sites for hydroxylation is 1. The van der Waals surface area contributed by atoms with Crippen molar-refractivity contribution in [2.24, 2.45) is 0 Å². The summed E-state index contributed by atoms with van der Waals surface area (Å²) in [6.07, 6.45) is 7.26. The molecule has 5 rings (SSSR count). The Morgan fingerprint density at radius 2 is 2.03 bits per heavy atom. The van der Waals surface area contributed by atoms with Crippen LogP contribution in [0.4, 0.5) is 10.8 Å². The van der Waals surface area contributed by atoms with E-state index in [0.717, 1.165) is 42.6 Å². The van der Waals surface area contributed by atoms with Crippen molar-refractivity contribution in [1.29, 1.82) is 0 Å². The topological polar surface area (TPSA) is 77.0 Å². The van der Waals surface area contributed by atoms with Crippen LogP contribution in [0.2, 0.25) is 0 Å². The first kappa shape index (κ1) is 22.3. The maximum atomic E-state index is 12.9. The van der Waals surface area contributed by atoms with Gasteiger partial charge in [0.2, 0.25) is 0 Å². The highest BCUT2D eigenvalue weighted by atomic mass is 32.1. The lowest BCUT2D eigenvalue weighted by Crippen LogP contribution is -3.15. The van der Waals surface area contributed by atoms with Crippen LogP contribution in [0, 0.1) is 13.8 Å². The summed E-state index contributed by atoms with van der Waals surface area (Å²) >= 11 is 1.63. The molecule has 0 unspecified atom stereocenters. The van der Waals surface area contributed by atoms with Crippen molar-refractivity contribution in [3.8, 4) is 0 Å². The summed E-state index contributed by atoms with van der Waals surface area (Å²) in [6.45, 7) is 8.11. The van der Waals surface area contributed by atoms with Crippen LogP contribution in [0.1, 0.15) is 38.2 Å². The summed E-state index contributed by atoms with van der Waals surface area (Å²) in [5.74, 6) is 1.23. The summed E-state index contributed by atoms with van der Waals surface area (Å²) in [5.41, 5.74) is 3.55. The molecule has 0 aromatic carbocycles. The van der Waals surface area contributed by atoms with E-state index in [-0.39, 0.29) is 11.9 Å². The van der Waals surface area contributed by atoms with Crippen molar-refractivity contribution < 1.29 is 19.1 Å². The normalized spacial score (nSPS) is 15.3. The molecule has 7 nitrogen and oxygen atoms in total. The number of hydrogen-bond donors (Lipinski definition) is 2. The maximum Gasteiger partial charge on any atom is 0.291 e. The molecule has 1 aliphatic rings. The Balaban J connectivity index is 1.47. The molecule has 34 heavy (non-hydrogen) atoms. The van der Waals surface area contributed by atoms with Crippen molar-refractivity contribution in [1.82, 2.24) is 4.98 Å². The molecule has 1 saturated heterocycles. The molecule has 0 bridgehead atoms. The average Bonchev–Trinajstić information content (AvgIpc) is 3.51. The number of carbonyl (C=O) groups is 1. The van der Waals surface area contributed by atoms with E-state index in [1.165, 1.54) is 27.2 Å². The third kappa shape index (κ3) is 4.47. The van der Waals surface area contributed by atoms with Gasteiger partial charge in [0, 0.05) is 28.9 Å². The van der Waals surface area contributed by atoms with Gasteiger partial charge in [0.1, 0.15) is 37.2 Å². The average molecular weight is 476 g/mol. The van der Waals surface area contributed by atoms with Gasteiger partial charge in [0.05, 0.1) is 18.0 Å². The van der Waals surface area contributed by atoms with Gasteiger partial charge < -0.3 is 14.6 Å². The Bertz CT molecular complexity index is 1230. The summed E-state index contributed by atoms with van der Waals surface area (Å²) < 4.78 is 5.33. The highest BCUT2D eigenvalue weighted by Gasteiger charge is 2.37. The van der Waals surface area contributed by atoms with Crippen LogP contribution in [0.15, 0.2) is 71.7 Å². The summed E-state index contributed by atoms with van der Waals surface area (Å²) in [6, 6.07) is 13.8. The SMILES string of the molecule is Cc1sc(NC(=O)c2ccco2)c([C@@H](c2cccnc2)[NH+]2CCN(c3cccc[nH+]3)CC2)c1C. The second-order valence-corrected chi connectivity index (χ2v) is 9.79. The lowest BCUT2D eigenvalue weighted by atomic mass is 9.95. The molecule has 1 aliphatic heterocycles. The molecule has 4 aromatic rings. The second kappa shape index (κ2) is 9.79. The molecular formula is C26H29N5O2S+2. The Morgan fingerprint density at radius 3 is 2.71 bits per heavy atom.